The van der Waals surface area contributed by atoms with Gasteiger partial charge in [0, 0.05) is 6.04 Å². The predicted molar refractivity (Wildman–Crippen MR) is 58.0 cm³/mol. The molecule has 1 N–H and O–H groups in total. The smallest absolute Gasteiger partial charge is 0.401 e. The van der Waals surface area contributed by atoms with E-state index in [1.807, 2.05) is 0 Å². The van der Waals surface area contributed by atoms with Gasteiger partial charge in [0.1, 0.15) is 0 Å². The van der Waals surface area contributed by atoms with Crippen molar-refractivity contribution in [3.05, 3.63) is 22.4 Å². The fourth-order valence-electron chi connectivity index (χ4n) is 1.46. The Morgan fingerprint density at radius 3 is 2.65 bits per heavy atom. The van der Waals surface area contributed by atoms with Crippen LogP contribution in [0.5, 0.6) is 0 Å². The van der Waals surface area contributed by atoms with Crippen molar-refractivity contribution in [2.24, 2.45) is 0 Å². The second-order valence-corrected chi connectivity index (χ2v) is 4.43. The Morgan fingerprint density at radius 2 is 2.24 bits per heavy atom. The first kappa shape index (κ1) is 14.0. The number of carboxylic acid groups (broad SMARTS) is 1. The largest absolute Gasteiger partial charge is 0.480 e. The van der Waals surface area contributed by atoms with E-state index in [2.05, 4.69) is 0 Å². The molecule has 0 fully saturated rings. The maximum atomic E-state index is 12.3. The van der Waals surface area contributed by atoms with Gasteiger partial charge in [0.15, 0.2) is 0 Å². The van der Waals surface area contributed by atoms with Crippen LogP contribution >= 0.6 is 11.3 Å². The Morgan fingerprint density at radius 1 is 1.59 bits per heavy atom. The van der Waals surface area contributed by atoms with Crippen molar-refractivity contribution in [3.8, 4) is 0 Å². The molecular formula is C10H12F3NO2S. The van der Waals surface area contributed by atoms with Gasteiger partial charge in [-0.3, -0.25) is 9.69 Å². The highest BCUT2D eigenvalue weighted by Crippen LogP contribution is 2.26. The van der Waals surface area contributed by atoms with E-state index in [0.717, 1.165) is 4.90 Å². The highest BCUT2D eigenvalue weighted by molar-refractivity contribution is 7.07. The number of hydrogen-bond donors (Lipinski definition) is 1. The second-order valence-electron chi connectivity index (χ2n) is 3.65. The minimum absolute atomic E-state index is 0.570. The van der Waals surface area contributed by atoms with Gasteiger partial charge >= 0.3 is 12.1 Å². The summed E-state index contributed by atoms with van der Waals surface area (Å²) in [4.78, 5) is 11.5. The van der Waals surface area contributed by atoms with E-state index in [9.17, 15) is 18.0 Å². The lowest BCUT2D eigenvalue weighted by molar-refractivity contribution is -0.157. The molecule has 0 aromatic carbocycles. The summed E-state index contributed by atoms with van der Waals surface area (Å²) in [6, 6.07) is 1.12. The van der Waals surface area contributed by atoms with Gasteiger partial charge in [-0.2, -0.15) is 24.5 Å². The average Bonchev–Trinajstić information content (AvgIpc) is 2.65. The molecule has 0 radical (unpaired) electrons. The maximum absolute atomic E-state index is 12.3. The molecule has 7 heteroatoms. The standard InChI is InChI=1S/C10H12F3NO2S/c1-7(8-2-3-17-5-8)14(4-9(15)16)6-10(11,12)13/h2-3,5,7H,4,6H2,1H3,(H,15,16). The van der Waals surface area contributed by atoms with Gasteiger partial charge in [0.05, 0.1) is 13.1 Å². The van der Waals surface area contributed by atoms with E-state index < -0.39 is 31.3 Å². The van der Waals surface area contributed by atoms with Gasteiger partial charge in [-0.15, -0.1) is 0 Å². The number of alkyl halides is 3. The Kier molecular flexibility index (Phi) is 4.53. The minimum atomic E-state index is -4.40. The number of carboxylic acids is 1. The SMILES string of the molecule is CC(c1ccsc1)N(CC(=O)O)CC(F)(F)F. The van der Waals surface area contributed by atoms with Gasteiger partial charge in [-0.1, -0.05) is 0 Å². The van der Waals surface area contributed by atoms with Gasteiger partial charge in [-0.05, 0) is 29.3 Å². The highest BCUT2D eigenvalue weighted by Gasteiger charge is 2.34. The first-order valence-electron chi connectivity index (χ1n) is 4.84. The molecule has 0 bridgehead atoms. The molecule has 0 amide bonds. The van der Waals surface area contributed by atoms with Crippen molar-refractivity contribution in [1.82, 2.24) is 4.90 Å². The summed E-state index contributed by atoms with van der Waals surface area (Å²) in [5.74, 6) is -1.27. The molecule has 0 aliphatic rings. The van der Waals surface area contributed by atoms with Crippen molar-refractivity contribution in [3.63, 3.8) is 0 Å². The molecule has 1 unspecified atom stereocenters. The number of carbonyl (C=O) groups is 1. The topological polar surface area (TPSA) is 40.5 Å². The van der Waals surface area contributed by atoms with E-state index in [0.29, 0.717) is 5.56 Å². The summed E-state index contributed by atoms with van der Waals surface area (Å²) in [5.41, 5.74) is 0.695. The third-order valence-corrected chi connectivity index (χ3v) is 3.00. The lowest BCUT2D eigenvalue weighted by Gasteiger charge is -2.27. The third kappa shape index (κ3) is 4.74. The van der Waals surface area contributed by atoms with Crippen LogP contribution in [0.15, 0.2) is 16.8 Å². The van der Waals surface area contributed by atoms with Crippen LogP contribution in [-0.4, -0.2) is 35.2 Å². The van der Waals surface area contributed by atoms with Crippen LogP contribution in [0.2, 0.25) is 0 Å². The quantitative estimate of drug-likeness (QED) is 0.891. The first-order chi connectivity index (χ1) is 7.79. The van der Waals surface area contributed by atoms with E-state index in [1.54, 1.807) is 23.8 Å². The Hall–Kier alpha value is -1.08. The van der Waals surface area contributed by atoms with E-state index in [4.69, 9.17) is 5.11 Å². The van der Waals surface area contributed by atoms with Crippen molar-refractivity contribution < 1.29 is 23.1 Å². The second kappa shape index (κ2) is 5.50. The zero-order chi connectivity index (χ0) is 13.1. The highest BCUT2D eigenvalue weighted by atomic mass is 32.1. The Bertz CT molecular complexity index is 364. The van der Waals surface area contributed by atoms with E-state index in [-0.39, 0.29) is 0 Å². The molecule has 17 heavy (non-hydrogen) atoms. The molecule has 96 valence electrons. The van der Waals surface area contributed by atoms with Gasteiger partial charge in [0.2, 0.25) is 0 Å². The summed E-state index contributed by atoms with van der Waals surface area (Å²) in [5, 5.41) is 12.1. The number of thiophene rings is 1. The number of hydrogen-bond acceptors (Lipinski definition) is 3. The summed E-state index contributed by atoms with van der Waals surface area (Å²) < 4.78 is 37.0. The number of rotatable bonds is 5. The molecule has 0 spiro atoms. The van der Waals surface area contributed by atoms with Crippen LogP contribution in [0.3, 0.4) is 0 Å². The number of nitrogens with zero attached hydrogens (tertiary/aromatic N) is 1. The Balaban J connectivity index is 2.78. The summed E-state index contributed by atoms with van der Waals surface area (Å²) >= 11 is 1.37. The molecule has 1 aromatic rings. The third-order valence-electron chi connectivity index (χ3n) is 2.29. The predicted octanol–water partition coefficient (Wildman–Crippen LogP) is 2.76. The zero-order valence-corrected chi connectivity index (χ0v) is 9.88. The molecule has 0 saturated heterocycles. The van der Waals surface area contributed by atoms with Gasteiger partial charge in [-0.25, -0.2) is 0 Å². The van der Waals surface area contributed by atoms with Crippen LogP contribution in [0.25, 0.3) is 0 Å². The number of aliphatic carboxylic acids is 1. The fraction of sp³-hybridized carbons (Fsp3) is 0.500. The molecule has 0 saturated carbocycles. The monoisotopic (exact) mass is 267 g/mol. The van der Waals surface area contributed by atoms with Crippen molar-refractivity contribution in [2.75, 3.05) is 13.1 Å². The molecule has 1 rings (SSSR count). The first-order valence-corrected chi connectivity index (χ1v) is 5.78. The molecule has 0 aliphatic heterocycles. The molecule has 1 aromatic heterocycles. The maximum Gasteiger partial charge on any atom is 0.401 e. The molecule has 1 heterocycles. The summed E-state index contributed by atoms with van der Waals surface area (Å²) in [6.45, 7) is -0.288. The minimum Gasteiger partial charge on any atom is -0.480 e. The van der Waals surface area contributed by atoms with E-state index >= 15 is 0 Å². The summed E-state index contributed by atoms with van der Waals surface area (Å²) in [7, 11) is 0. The van der Waals surface area contributed by atoms with Crippen molar-refractivity contribution >= 4 is 17.3 Å². The van der Waals surface area contributed by atoms with Crippen LogP contribution in [0.4, 0.5) is 13.2 Å². The van der Waals surface area contributed by atoms with Crippen LogP contribution < -0.4 is 0 Å². The van der Waals surface area contributed by atoms with Crippen molar-refractivity contribution in [1.29, 1.82) is 0 Å². The van der Waals surface area contributed by atoms with Gasteiger partial charge < -0.3 is 5.11 Å². The van der Waals surface area contributed by atoms with Crippen LogP contribution in [0, 0.1) is 0 Å². The van der Waals surface area contributed by atoms with Crippen LogP contribution in [0.1, 0.15) is 18.5 Å². The molecule has 0 aliphatic carbocycles. The lowest BCUT2D eigenvalue weighted by Crippen LogP contribution is -2.39. The lowest BCUT2D eigenvalue weighted by atomic mass is 10.1. The molecular weight excluding hydrogens is 255 g/mol. The van der Waals surface area contributed by atoms with Gasteiger partial charge in [0.25, 0.3) is 0 Å². The van der Waals surface area contributed by atoms with Crippen molar-refractivity contribution in [2.45, 2.75) is 19.1 Å². The normalized spacial score (nSPS) is 13.9. The summed E-state index contributed by atoms with van der Waals surface area (Å²) in [6.07, 6.45) is -4.40. The number of halogens is 3. The zero-order valence-electron chi connectivity index (χ0n) is 9.07. The van der Waals surface area contributed by atoms with E-state index in [1.165, 1.54) is 11.3 Å². The Labute approximate surface area is 100 Å². The average molecular weight is 267 g/mol. The van der Waals surface area contributed by atoms with Crippen LogP contribution in [-0.2, 0) is 4.79 Å². The molecule has 1 atom stereocenters. The fourth-order valence-corrected chi connectivity index (χ4v) is 2.20. The molecule has 3 nitrogen and oxygen atoms in total.